The van der Waals surface area contributed by atoms with Crippen LogP contribution in [0.25, 0.3) is 5.69 Å². The van der Waals surface area contributed by atoms with Gasteiger partial charge in [0.05, 0.1) is 5.69 Å². The number of rotatable bonds is 6. The minimum atomic E-state index is -1.05. The Bertz CT molecular complexity index is 1210. The summed E-state index contributed by atoms with van der Waals surface area (Å²) in [6.45, 7) is 0.885. The molecule has 0 unspecified atom stereocenters. The minimum Gasteiger partial charge on any atom is -0.451 e. The van der Waals surface area contributed by atoms with Gasteiger partial charge < -0.3 is 9.64 Å². The maximum absolute atomic E-state index is 13.9. The van der Waals surface area contributed by atoms with Crippen molar-refractivity contribution in [1.82, 2.24) is 14.7 Å². The molecule has 0 saturated carbocycles. The molecule has 32 heavy (non-hydrogen) atoms. The highest BCUT2D eigenvalue weighted by atomic mass is 35.5. The van der Waals surface area contributed by atoms with Crippen molar-refractivity contribution in [3.05, 3.63) is 91.6 Å². The molecule has 3 rings (SSSR count). The largest absolute Gasteiger partial charge is 0.451 e. The summed E-state index contributed by atoms with van der Waals surface area (Å²) in [6.07, 6.45) is 0. The van der Waals surface area contributed by atoms with Gasteiger partial charge in [-0.3, -0.25) is 9.59 Å². The SMILES string of the molecule is Cc1cc(=O)c(C(=O)OCC(=O)N(C)Cc2c(F)cccc2Cl)nn1-c1ccc(Cl)cc1. The Kier molecular flexibility index (Phi) is 7.27. The van der Waals surface area contributed by atoms with Gasteiger partial charge in [-0.25, -0.2) is 13.9 Å². The van der Waals surface area contributed by atoms with Gasteiger partial charge in [0.1, 0.15) is 5.82 Å². The molecule has 0 fully saturated rings. The number of hydrogen-bond donors (Lipinski definition) is 0. The third-order valence-electron chi connectivity index (χ3n) is 4.58. The van der Waals surface area contributed by atoms with Crippen LogP contribution in [0.4, 0.5) is 4.39 Å². The predicted molar refractivity (Wildman–Crippen MR) is 118 cm³/mol. The molecule has 0 N–H and O–H groups in total. The number of carbonyl (C=O) groups excluding carboxylic acids is 2. The van der Waals surface area contributed by atoms with Crippen molar-refractivity contribution in [2.75, 3.05) is 13.7 Å². The van der Waals surface area contributed by atoms with Gasteiger partial charge in [0.2, 0.25) is 11.1 Å². The second kappa shape index (κ2) is 9.93. The number of likely N-dealkylation sites (N-methyl/N-ethyl adjacent to an activating group) is 1. The number of benzene rings is 2. The Balaban J connectivity index is 1.71. The predicted octanol–water partition coefficient (Wildman–Crippen LogP) is 3.80. The Hall–Kier alpha value is -3.23. The molecular weight excluding hydrogens is 460 g/mol. The van der Waals surface area contributed by atoms with Gasteiger partial charge in [-0.2, -0.15) is 5.10 Å². The third kappa shape index (κ3) is 5.33. The summed E-state index contributed by atoms with van der Waals surface area (Å²) >= 11 is 11.9. The molecule has 1 heterocycles. The molecule has 2 aromatic carbocycles. The van der Waals surface area contributed by atoms with Crippen molar-refractivity contribution in [2.24, 2.45) is 0 Å². The normalized spacial score (nSPS) is 10.7. The summed E-state index contributed by atoms with van der Waals surface area (Å²) in [4.78, 5) is 38.2. The molecule has 0 atom stereocenters. The molecule has 7 nitrogen and oxygen atoms in total. The van der Waals surface area contributed by atoms with E-state index in [0.29, 0.717) is 16.4 Å². The van der Waals surface area contributed by atoms with Crippen molar-refractivity contribution in [1.29, 1.82) is 0 Å². The lowest BCUT2D eigenvalue weighted by Crippen LogP contribution is -2.32. The second-order valence-corrected chi connectivity index (χ2v) is 7.76. The van der Waals surface area contributed by atoms with Gasteiger partial charge in [-0.05, 0) is 43.3 Å². The zero-order chi connectivity index (χ0) is 23.4. The van der Waals surface area contributed by atoms with Crippen LogP contribution in [0.5, 0.6) is 0 Å². The van der Waals surface area contributed by atoms with E-state index in [2.05, 4.69) is 5.10 Å². The van der Waals surface area contributed by atoms with Crippen molar-refractivity contribution >= 4 is 35.1 Å². The summed E-state index contributed by atoms with van der Waals surface area (Å²) < 4.78 is 20.3. The smallest absolute Gasteiger partial charge is 0.363 e. The van der Waals surface area contributed by atoms with Gasteiger partial charge in [0, 0.05) is 41.0 Å². The Morgan fingerprint density at radius 1 is 1.16 bits per heavy atom. The number of nitrogens with zero attached hydrogens (tertiary/aromatic N) is 3. The summed E-state index contributed by atoms with van der Waals surface area (Å²) in [5.74, 6) is -2.22. The molecule has 3 aromatic rings. The van der Waals surface area contributed by atoms with E-state index in [1.165, 1.54) is 36.0 Å². The lowest BCUT2D eigenvalue weighted by atomic mass is 10.2. The van der Waals surface area contributed by atoms with Crippen molar-refractivity contribution < 1.29 is 18.7 Å². The summed E-state index contributed by atoms with van der Waals surface area (Å²) in [6, 6.07) is 12.1. The molecule has 0 aliphatic rings. The molecule has 166 valence electrons. The van der Waals surface area contributed by atoms with E-state index >= 15 is 0 Å². The molecule has 0 saturated heterocycles. The molecular formula is C22H18Cl2FN3O4. The number of halogens is 3. The van der Waals surface area contributed by atoms with Crippen LogP contribution in [0.1, 0.15) is 21.7 Å². The van der Waals surface area contributed by atoms with Gasteiger partial charge >= 0.3 is 5.97 Å². The molecule has 0 spiro atoms. The lowest BCUT2D eigenvalue weighted by molar-refractivity contribution is -0.133. The number of ether oxygens (including phenoxy) is 1. The quantitative estimate of drug-likeness (QED) is 0.504. The lowest BCUT2D eigenvalue weighted by Gasteiger charge is -2.18. The fourth-order valence-corrected chi connectivity index (χ4v) is 3.20. The van der Waals surface area contributed by atoms with E-state index in [4.69, 9.17) is 27.9 Å². The van der Waals surface area contributed by atoms with Crippen molar-refractivity contribution in [2.45, 2.75) is 13.5 Å². The van der Waals surface area contributed by atoms with Crippen LogP contribution in [0.15, 0.2) is 53.3 Å². The van der Waals surface area contributed by atoms with Crippen molar-refractivity contribution in [3.63, 3.8) is 0 Å². The number of amides is 1. The maximum Gasteiger partial charge on any atom is 0.363 e. The standard InChI is InChI=1S/C22H18Cl2FN3O4/c1-13-10-19(29)21(26-28(13)15-8-6-14(23)7-9-15)22(31)32-12-20(30)27(2)11-16-17(24)4-3-5-18(16)25/h3-10H,11-12H2,1-2H3. The first kappa shape index (κ1) is 23.4. The zero-order valence-corrected chi connectivity index (χ0v) is 18.7. The Labute approximate surface area is 192 Å². The summed E-state index contributed by atoms with van der Waals surface area (Å²) in [7, 11) is 1.41. The van der Waals surface area contributed by atoms with Crippen LogP contribution in [-0.4, -0.2) is 40.2 Å². The second-order valence-electron chi connectivity index (χ2n) is 6.91. The molecule has 1 aromatic heterocycles. The first-order valence-electron chi connectivity index (χ1n) is 9.38. The number of aromatic nitrogens is 2. The number of hydrogen-bond acceptors (Lipinski definition) is 5. The highest BCUT2D eigenvalue weighted by Gasteiger charge is 2.20. The van der Waals surface area contributed by atoms with Gasteiger partial charge in [0.25, 0.3) is 5.91 Å². The molecule has 0 bridgehead atoms. The van der Waals surface area contributed by atoms with Gasteiger partial charge in [0.15, 0.2) is 6.61 Å². The van der Waals surface area contributed by atoms with Crippen LogP contribution >= 0.6 is 23.2 Å². The van der Waals surface area contributed by atoms with Crippen LogP contribution in [0.2, 0.25) is 10.0 Å². The topological polar surface area (TPSA) is 81.5 Å². The number of carbonyl (C=O) groups is 2. The molecule has 10 heteroatoms. The van der Waals surface area contributed by atoms with E-state index in [-0.39, 0.29) is 17.1 Å². The fraction of sp³-hybridized carbons (Fsp3) is 0.182. The third-order valence-corrected chi connectivity index (χ3v) is 5.19. The molecule has 0 radical (unpaired) electrons. The van der Waals surface area contributed by atoms with Crippen LogP contribution in [-0.2, 0) is 16.1 Å². The highest BCUT2D eigenvalue weighted by molar-refractivity contribution is 6.31. The van der Waals surface area contributed by atoms with E-state index in [9.17, 15) is 18.8 Å². The Morgan fingerprint density at radius 2 is 1.84 bits per heavy atom. The summed E-state index contributed by atoms with van der Waals surface area (Å²) in [5.41, 5.74) is 0.0992. The maximum atomic E-state index is 13.9. The first-order chi connectivity index (χ1) is 15.2. The van der Waals surface area contributed by atoms with E-state index < -0.39 is 35.4 Å². The van der Waals surface area contributed by atoms with Crippen LogP contribution in [0.3, 0.4) is 0 Å². The average Bonchev–Trinajstić information content (AvgIpc) is 2.75. The highest BCUT2D eigenvalue weighted by Crippen LogP contribution is 2.20. The van der Waals surface area contributed by atoms with Crippen molar-refractivity contribution in [3.8, 4) is 5.69 Å². The van der Waals surface area contributed by atoms with E-state index in [1.54, 1.807) is 31.2 Å². The molecule has 0 aliphatic carbocycles. The van der Waals surface area contributed by atoms with Crippen LogP contribution < -0.4 is 5.43 Å². The Morgan fingerprint density at radius 3 is 2.50 bits per heavy atom. The van der Waals surface area contributed by atoms with Gasteiger partial charge in [-0.15, -0.1) is 0 Å². The van der Waals surface area contributed by atoms with Gasteiger partial charge in [-0.1, -0.05) is 29.3 Å². The monoisotopic (exact) mass is 477 g/mol. The molecule has 1 amide bonds. The number of esters is 1. The zero-order valence-electron chi connectivity index (χ0n) is 17.1. The molecule has 0 aliphatic heterocycles. The average molecular weight is 478 g/mol. The van der Waals surface area contributed by atoms with E-state index in [1.807, 2.05) is 0 Å². The van der Waals surface area contributed by atoms with Crippen LogP contribution in [0, 0.1) is 12.7 Å². The fourth-order valence-electron chi connectivity index (χ4n) is 2.85. The number of aryl methyl sites for hydroxylation is 1. The minimum absolute atomic E-state index is 0.117. The summed E-state index contributed by atoms with van der Waals surface area (Å²) in [5, 5.41) is 4.77. The first-order valence-corrected chi connectivity index (χ1v) is 10.1. The van der Waals surface area contributed by atoms with E-state index in [0.717, 1.165) is 4.90 Å².